The van der Waals surface area contributed by atoms with Crippen LogP contribution >= 0.6 is 22.6 Å². The van der Waals surface area contributed by atoms with Crippen LogP contribution in [0.15, 0.2) is 48.5 Å². The van der Waals surface area contributed by atoms with Crippen LogP contribution in [0.2, 0.25) is 0 Å². The third-order valence-electron chi connectivity index (χ3n) is 2.81. The summed E-state index contributed by atoms with van der Waals surface area (Å²) in [6.07, 6.45) is 0. The fourth-order valence-electron chi connectivity index (χ4n) is 1.65. The highest BCUT2D eigenvalue weighted by Gasteiger charge is 2.01. The first kappa shape index (κ1) is 14.6. The quantitative estimate of drug-likeness (QED) is 0.454. The molecule has 2 aromatic rings. The van der Waals surface area contributed by atoms with Crippen LogP contribution in [0.4, 0.5) is 5.69 Å². The Hall–Kier alpha value is -1.80. The summed E-state index contributed by atoms with van der Waals surface area (Å²) in [6, 6.07) is 15.2. The van der Waals surface area contributed by atoms with E-state index in [4.69, 9.17) is 0 Å². The second kappa shape index (κ2) is 6.58. The third kappa shape index (κ3) is 3.84. The molecule has 0 aliphatic heterocycles. The van der Waals surface area contributed by atoms with Gasteiger partial charge < -0.3 is 4.90 Å². The minimum atomic E-state index is -0.155. The topological polar surface area (TPSA) is 20.3 Å². The number of benzene rings is 2. The zero-order chi connectivity index (χ0) is 14.5. The Bertz CT molecular complexity index is 661. The maximum atomic E-state index is 11.9. The monoisotopic (exact) mass is 375 g/mol. The Morgan fingerprint density at radius 2 is 1.60 bits per heavy atom. The van der Waals surface area contributed by atoms with Gasteiger partial charge in [-0.05, 0) is 77.0 Å². The first-order valence-electron chi connectivity index (χ1n) is 6.15. The number of carbonyl (C=O) groups excluding carboxylic acids is 1. The van der Waals surface area contributed by atoms with E-state index >= 15 is 0 Å². The van der Waals surface area contributed by atoms with Gasteiger partial charge in [0.2, 0.25) is 5.78 Å². The Labute approximate surface area is 132 Å². The van der Waals surface area contributed by atoms with E-state index in [1.54, 1.807) is 12.1 Å². The van der Waals surface area contributed by atoms with Gasteiger partial charge in [0.15, 0.2) is 0 Å². The van der Waals surface area contributed by atoms with E-state index in [1.807, 2.05) is 55.4 Å². The van der Waals surface area contributed by atoms with E-state index in [1.165, 1.54) is 0 Å². The number of carbonyl (C=O) groups is 1. The summed E-state index contributed by atoms with van der Waals surface area (Å²) in [7, 11) is 3.97. The van der Waals surface area contributed by atoms with Crippen molar-refractivity contribution in [2.75, 3.05) is 19.0 Å². The summed E-state index contributed by atoms with van der Waals surface area (Å²) in [5.41, 5.74) is 2.58. The van der Waals surface area contributed by atoms with Gasteiger partial charge in [-0.1, -0.05) is 5.92 Å². The summed E-state index contributed by atoms with van der Waals surface area (Å²) in [5.74, 6) is 5.43. The molecule has 3 heteroatoms. The number of anilines is 1. The number of ketones is 1. The number of hydrogen-bond acceptors (Lipinski definition) is 2. The van der Waals surface area contributed by atoms with E-state index < -0.39 is 0 Å². The maximum absolute atomic E-state index is 11.9. The summed E-state index contributed by atoms with van der Waals surface area (Å²) in [6.45, 7) is 0. The van der Waals surface area contributed by atoms with Crippen LogP contribution < -0.4 is 4.90 Å². The van der Waals surface area contributed by atoms with Crippen molar-refractivity contribution in [3.05, 3.63) is 63.2 Å². The Kier molecular flexibility index (Phi) is 4.80. The average Bonchev–Trinajstić information content (AvgIpc) is 2.46. The molecular formula is C17H14INO. The molecule has 0 aliphatic carbocycles. The fraction of sp³-hybridized carbons (Fsp3) is 0.118. The van der Waals surface area contributed by atoms with Gasteiger partial charge in [-0.3, -0.25) is 4.79 Å². The molecule has 0 heterocycles. The SMILES string of the molecule is CN(C)c1ccc(C#CC(=O)c2ccc(I)cc2)cc1. The minimum Gasteiger partial charge on any atom is -0.378 e. The molecule has 0 unspecified atom stereocenters. The predicted molar refractivity (Wildman–Crippen MR) is 91.1 cm³/mol. The predicted octanol–water partition coefficient (Wildman–Crippen LogP) is 3.59. The van der Waals surface area contributed by atoms with Crippen molar-refractivity contribution in [2.24, 2.45) is 0 Å². The van der Waals surface area contributed by atoms with Gasteiger partial charge in [0.05, 0.1) is 0 Å². The Morgan fingerprint density at radius 3 is 2.15 bits per heavy atom. The normalized spacial score (nSPS) is 9.55. The van der Waals surface area contributed by atoms with Crippen LogP contribution in [-0.4, -0.2) is 19.9 Å². The summed E-state index contributed by atoms with van der Waals surface area (Å²) in [4.78, 5) is 13.9. The molecule has 0 aromatic heterocycles. The molecule has 100 valence electrons. The third-order valence-corrected chi connectivity index (χ3v) is 3.53. The minimum absolute atomic E-state index is 0.155. The number of Topliss-reactive ketones (excluding diaryl/α,β-unsaturated/α-hetero) is 1. The van der Waals surface area contributed by atoms with Crippen LogP contribution in [-0.2, 0) is 0 Å². The van der Waals surface area contributed by atoms with Crippen molar-refractivity contribution in [2.45, 2.75) is 0 Å². The highest BCUT2D eigenvalue weighted by atomic mass is 127. The zero-order valence-corrected chi connectivity index (χ0v) is 13.5. The van der Waals surface area contributed by atoms with E-state index in [2.05, 4.69) is 34.4 Å². The Morgan fingerprint density at radius 1 is 1.00 bits per heavy atom. The molecule has 0 aliphatic rings. The molecule has 2 rings (SSSR count). The number of halogens is 1. The Balaban J connectivity index is 2.14. The van der Waals surface area contributed by atoms with E-state index in [0.717, 1.165) is 14.8 Å². The maximum Gasteiger partial charge on any atom is 0.236 e. The lowest BCUT2D eigenvalue weighted by atomic mass is 10.1. The lowest BCUT2D eigenvalue weighted by Crippen LogP contribution is -2.07. The lowest BCUT2D eigenvalue weighted by molar-refractivity contribution is 0.105. The smallest absolute Gasteiger partial charge is 0.236 e. The lowest BCUT2D eigenvalue weighted by Gasteiger charge is -2.11. The highest BCUT2D eigenvalue weighted by Crippen LogP contribution is 2.11. The molecule has 0 bridgehead atoms. The molecule has 20 heavy (non-hydrogen) atoms. The van der Waals surface area contributed by atoms with Crippen molar-refractivity contribution >= 4 is 34.1 Å². The van der Waals surface area contributed by atoms with Gasteiger partial charge in [0, 0.05) is 34.5 Å². The van der Waals surface area contributed by atoms with Crippen molar-refractivity contribution in [3.8, 4) is 11.8 Å². The molecule has 0 spiro atoms. The van der Waals surface area contributed by atoms with Gasteiger partial charge >= 0.3 is 0 Å². The molecule has 0 fully saturated rings. The number of nitrogens with zero attached hydrogens (tertiary/aromatic N) is 1. The van der Waals surface area contributed by atoms with Crippen LogP contribution in [0.1, 0.15) is 15.9 Å². The number of rotatable bonds is 2. The van der Waals surface area contributed by atoms with Crippen LogP contribution in [0.5, 0.6) is 0 Å². The highest BCUT2D eigenvalue weighted by molar-refractivity contribution is 14.1. The van der Waals surface area contributed by atoms with Gasteiger partial charge in [-0.25, -0.2) is 0 Å². The summed E-state index contributed by atoms with van der Waals surface area (Å²) in [5, 5.41) is 0. The first-order valence-corrected chi connectivity index (χ1v) is 7.23. The molecule has 0 radical (unpaired) electrons. The van der Waals surface area contributed by atoms with E-state index in [0.29, 0.717) is 5.56 Å². The van der Waals surface area contributed by atoms with Crippen molar-refractivity contribution in [3.63, 3.8) is 0 Å². The van der Waals surface area contributed by atoms with Gasteiger partial charge in [-0.2, -0.15) is 0 Å². The molecule has 0 N–H and O–H groups in total. The second-order valence-corrected chi connectivity index (χ2v) is 5.77. The van der Waals surface area contributed by atoms with Crippen LogP contribution in [0, 0.1) is 15.4 Å². The van der Waals surface area contributed by atoms with E-state index in [9.17, 15) is 4.79 Å². The molecule has 0 atom stereocenters. The standard InChI is InChI=1S/C17H14INO/c1-19(2)16-10-3-13(4-11-16)5-12-17(20)14-6-8-15(18)9-7-14/h3-4,6-11H,1-2H3. The van der Waals surface area contributed by atoms with Gasteiger partial charge in [0.25, 0.3) is 0 Å². The molecular weight excluding hydrogens is 361 g/mol. The van der Waals surface area contributed by atoms with Crippen molar-refractivity contribution < 1.29 is 4.79 Å². The number of hydrogen-bond donors (Lipinski definition) is 0. The van der Waals surface area contributed by atoms with Crippen molar-refractivity contribution in [1.29, 1.82) is 0 Å². The van der Waals surface area contributed by atoms with Crippen LogP contribution in [0.3, 0.4) is 0 Å². The van der Waals surface area contributed by atoms with Gasteiger partial charge in [0.1, 0.15) is 0 Å². The first-order chi connectivity index (χ1) is 9.56. The molecule has 0 saturated heterocycles. The molecule has 0 amide bonds. The molecule has 0 saturated carbocycles. The molecule has 2 nitrogen and oxygen atoms in total. The second-order valence-electron chi connectivity index (χ2n) is 4.53. The zero-order valence-electron chi connectivity index (χ0n) is 11.4. The van der Waals surface area contributed by atoms with Crippen molar-refractivity contribution in [1.82, 2.24) is 0 Å². The van der Waals surface area contributed by atoms with E-state index in [-0.39, 0.29) is 5.78 Å². The summed E-state index contributed by atoms with van der Waals surface area (Å²) < 4.78 is 1.10. The average molecular weight is 375 g/mol. The fourth-order valence-corrected chi connectivity index (χ4v) is 2.00. The summed E-state index contributed by atoms with van der Waals surface area (Å²) >= 11 is 2.21. The van der Waals surface area contributed by atoms with Crippen LogP contribution in [0.25, 0.3) is 0 Å². The largest absolute Gasteiger partial charge is 0.378 e. The molecule has 2 aromatic carbocycles. The van der Waals surface area contributed by atoms with Gasteiger partial charge in [-0.15, -0.1) is 0 Å².